The first-order chi connectivity index (χ1) is 25.0. The lowest BCUT2D eigenvalue weighted by Crippen LogP contribution is -2.37. The molecule has 0 amide bonds. The Bertz CT molecular complexity index is 907. The minimum absolute atomic E-state index is 0.0338. The van der Waals surface area contributed by atoms with E-state index >= 15 is 0 Å². The molecule has 0 bridgehead atoms. The molecule has 0 radical (unpaired) electrons. The third kappa shape index (κ3) is 38.5. The lowest BCUT2D eigenvalue weighted by atomic mass is 10.0. The maximum atomic E-state index is 12.7. The molecular weight excluding hydrogens is 677 g/mol. The number of carbonyl (C=O) groups is 2. The Hall–Kier alpha value is -1.25. The monoisotopic (exact) mass is 761 g/mol. The van der Waals surface area contributed by atoms with Gasteiger partial charge >= 0.3 is 19.8 Å². The van der Waals surface area contributed by atoms with Crippen molar-refractivity contribution in [1.29, 1.82) is 0 Å². The van der Waals surface area contributed by atoms with E-state index in [1.54, 1.807) is 0 Å². The molecule has 1 N–H and O–H groups in total. The Balaban J connectivity index is 4.36. The summed E-state index contributed by atoms with van der Waals surface area (Å²) in [4.78, 5) is 35.3. The molecule has 52 heavy (non-hydrogen) atoms. The second-order valence-electron chi connectivity index (χ2n) is 15.7. The highest BCUT2D eigenvalue weighted by atomic mass is 31.2. The number of ether oxygens (including phenoxy) is 2. The first-order valence-corrected chi connectivity index (χ1v) is 22.9. The fraction of sp³-hybridized carbons (Fsp3) is 0.905. The molecule has 10 heteroatoms. The van der Waals surface area contributed by atoms with Crippen molar-refractivity contribution in [3.05, 3.63) is 12.2 Å². The Morgan fingerprint density at radius 1 is 0.577 bits per heavy atom. The van der Waals surface area contributed by atoms with Crippen molar-refractivity contribution in [2.24, 2.45) is 0 Å². The van der Waals surface area contributed by atoms with Crippen LogP contribution in [0.1, 0.15) is 194 Å². The first kappa shape index (κ1) is 50.8. The van der Waals surface area contributed by atoms with Gasteiger partial charge in [0.05, 0.1) is 27.7 Å². The van der Waals surface area contributed by atoms with Crippen LogP contribution in [0, 0.1) is 0 Å². The molecule has 0 aromatic heterocycles. The van der Waals surface area contributed by atoms with Gasteiger partial charge < -0.3 is 18.9 Å². The first-order valence-electron chi connectivity index (χ1n) is 21.4. The van der Waals surface area contributed by atoms with Gasteiger partial charge in [-0.25, -0.2) is 4.57 Å². The van der Waals surface area contributed by atoms with Crippen molar-refractivity contribution in [3.63, 3.8) is 0 Å². The number of phosphoric ester groups is 1. The highest BCUT2D eigenvalue weighted by Gasteiger charge is 2.27. The summed E-state index contributed by atoms with van der Waals surface area (Å²) in [5, 5.41) is 0. The zero-order valence-electron chi connectivity index (χ0n) is 34.6. The number of quaternary nitrogens is 1. The van der Waals surface area contributed by atoms with Crippen LogP contribution in [0.3, 0.4) is 0 Å². The molecule has 0 aliphatic heterocycles. The minimum Gasteiger partial charge on any atom is -0.462 e. The lowest BCUT2D eigenvalue weighted by Gasteiger charge is -2.24. The summed E-state index contributed by atoms with van der Waals surface area (Å²) < 4.78 is 34.3. The van der Waals surface area contributed by atoms with E-state index in [0.717, 1.165) is 44.9 Å². The Labute approximate surface area is 320 Å². The van der Waals surface area contributed by atoms with Crippen molar-refractivity contribution in [2.45, 2.75) is 200 Å². The van der Waals surface area contributed by atoms with E-state index in [2.05, 4.69) is 26.0 Å². The van der Waals surface area contributed by atoms with Crippen molar-refractivity contribution < 1.29 is 42.1 Å². The molecule has 0 heterocycles. The summed E-state index contributed by atoms with van der Waals surface area (Å²) in [5.41, 5.74) is 0. The van der Waals surface area contributed by atoms with Gasteiger partial charge in [-0.05, 0) is 38.5 Å². The Kier molecular flexibility index (Phi) is 34.6. The van der Waals surface area contributed by atoms with Gasteiger partial charge in [0.2, 0.25) is 0 Å². The van der Waals surface area contributed by atoms with Crippen LogP contribution >= 0.6 is 7.82 Å². The van der Waals surface area contributed by atoms with Crippen LogP contribution in [0.4, 0.5) is 0 Å². The molecule has 0 fully saturated rings. The van der Waals surface area contributed by atoms with E-state index in [0.29, 0.717) is 23.9 Å². The molecular formula is C42H83NO8P+. The predicted octanol–water partition coefficient (Wildman–Crippen LogP) is 11.8. The normalized spacial score (nSPS) is 13.7. The van der Waals surface area contributed by atoms with Crippen molar-refractivity contribution in [1.82, 2.24) is 0 Å². The molecule has 0 aliphatic carbocycles. The third-order valence-corrected chi connectivity index (χ3v) is 10.3. The average molecular weight is 761 g/mol. The average Bonchev–Trinajstić information content (AvgIpc) is 3.09. The highest BCUT2D eigenvalue weighted by Crippen LogP contribution is 2.43. The molecule has 9 nitrogen and oxygen atoms in total. The summed E-state index contributed by atoms with van der Waals surface area (Å²) >= 11 is 0. The van der Waals surface area contributed by atoms with Gasteiger partial charge in [-0.3, -0.25) is 18.6 Å². The van der Waals surface area contributed by atoms with E-state index in [9.17, 15) is 19.0 Å². The quantitative estimate of drug-likeness (QED) is 0.0217. The predicted molar refractivity (Wildman–Crippen MR) is 215 cm³/mol. The second-order valence-corrected chi connectivity index (χ2v) is 17.2. The SMILES string of the molecule is CCCCCC/C=C\CCCCCCCCCC(=O)OC(COC(=O)CCCCCCCCCCCCCCC)COP(=O)(O)OCC[N+](C)(C)C. The van der Waals surface area contributed by atoms with Crippen LogP contribution in [0.2, 0.25) is 0 Å². The second kappa shape index (κ2) is 35.5. The standard InChI is InChI=1S/C42H82NO8P/c1-6-8-10-12-14-16-18-20-21-23-25-27-29-31-33-35-42(45)51-40(39-50-52(46,47)49-37-36-43(3,4)5)38-48-41(44)34-32-30-28-26-24-22-19-17-15-13-11-9-7-2/h16,18,40H,6-15,17,19-39H2,1-5H3/p+1/b18-16-. The van der Waals surface area contributed by atoms with Crippen LogP contribution < -0.4 is 0 Å². The number of phosphoric acid groups is 1. The van der Waals surface area contributed by atoms with Crippen LogP contribution in [-0.4, -0.2) is 74.9 Å². The van der Waals surface area contributed by atoms with E-state index in [-0.39, 0.29) is 25.6 Å². The summed E-state index contributed by atoms with van der Waals surface area (Å²) in [6.07, 6.45) is 35.3. The van der Waals surface area contributed by atoms with Crippen LogP contribution in [-0.2, 0) is 32.7 Å². The lowest BCUT2D eigenvalue weighted by molar-refractivity contribution is -0.870. The Morgan fingerprint density at radius 3 is 1.44 bits per heavy atom. The summed E-state index contributed by atoms with van der Waals surface area (Å²) in [6, 6.07) is 0. The molecule has 0 aromatic carbocycles. The van der Waals surface area contributed by atoms with E-state index in [1.807, 2.05) is 21.1 Å². The van der Waals surface area contributed by atoms with Crippen LogP contribution in [0.25, 0.3) is 0 Å². The number of likely N-dealkylation sites (N-methyl/N-ethyl adjacent to an activating group) is 1. The molecule has 0 spiro atoms. The minimum atomic E-state index is -4.37. The molecule has 0 saturated heterocycles. The summed E-state index contributed by atoms with van der Waals surface area (Å²) in [7, 11) is 1.48. The van der Waals surface area contributed by atoms with Gasteiger partial charge in [-0.15, -0.1) is 0 Å². The van der Waals surface area contributed by atoms with Crippen LogP contribution in [0.5, 0.6) is 0 Å². The summed E-state index contributed by atoms with van der Waals surface area (Å²) in [6.45, 7) is 4.42. The number of hydrogen-bond donors (Lipinski definition) is 1. The van der Waals surface area contributed by atoms with Gasteiger partial charge in [-0.1, -0.05) is 154 Å². The van der Waals surface area contributed by atoms with Crippen LogP contribution in [0.15, 0.2) is 12.2 Å². The zero-order chi connectivity index (χ0) is 38.6. The number of unbranched alkanes of at least 4 members (excludes halogenated alkanes) is 23. The number of rotatable bonds is 39. The number of allylic oxidation sites excluding steroid dienone is 2. The largest absolute Gasteiger partial charge is 0.472 e. The van der Waals surface area contributed by atoms with E-state index in [4.69, 9.17) is 18.5 Å². The fourth-order valence-electron chi connectivity index (χ4n) is 5.89. The van der Waals surface area contributed by atoms with Gasteiger partial charge in [0.1, 0.15) is 19.8 Å². The molecule has 0 saturated carbocycles. The Morgan fingerprint density at radius 2 is 0.981 bits per heavy atom. The third-order valence-electron chi connectivity index (χ3n) is 9.30. The maximum absolute atomic E-state index is 12.7. The number of esters is 2. The van der Waals surface area contributed by atoms with Gasteiger partial charge in [0.25, 0.3) is 0 Å². The van der Waals surface area contributed by atoms with Gasteiger partial charge in [-0.2, -0.15) is 0 Å². The van der Waals surface area contributed by atoms with E-state index in [1.165, 1.54) is 116 Å². The highest BCUT2D eigenvalue weighted by molar-refractivity contribution is 7.47. The number of nitrogens with zero attached hydrogens (tertiary/aromatic N) is 1. The number of hydrogen-bond acceptors (Lipinski definition) is 7. The fourth-order valence-corrected chi connectivity index (χ4v) is 6.63. The van der Waals surface area contributed by atoms with Crippen molar-refractivity contribution in [3.8, 4) is 0 Å². The van der Waals surface area contributed by atoms with Gasteiger partial charge in [0.15, 0.2) is 6.10 Å². The zero-order valence-corrected chi connectivity index (χ0v) is 35.5. The number of carbonyl (C=O) groups excluding carboxylic acids is 2. The molecule has 0 aromatic rings. The molecule has 2 atom stereocenters. The molecule has 2 unspecified atom stereocenters. The van der Waals surface area contributed by atoms with Gasteiger partial charge in [0, 0.05) is 12.8 Å². The molecule has 308 valence electrons. The smallest absolute Gasteiger partial charge is 0.462 e. The van der Waals surface area contributed by atoms with Crippen molar-refractivity contribution >= 4 is 19.8 Å². The molecule has 0 rings (SSSR count). The maximum Gasteiger partial charge on any atom is 0.472 e. The molecule has 0 aliphatic rings. The van der Waals surface area contributed by atoms with E-state index < -0.39 is 26.5 Å². The topological polar surface area (TPSA) is 108 Å². The summed E-state index contributed by atoms with van der Waals surface area (Å²) in [5.74, 6) is -0.796. The van der Waals surface area contributed by atoms with Crippen molar-refractivity contribution in [2.75, 3.05) is 47.5 Å².